The van der Waals surface area contributed by atoms with E-state index in [0.29, 0.717) is 29.3 Å². The lowest BCUT2D eigenvalue weighted by molar-refractivity contribution is 0.0526. The van der Waals surface area contributed by atoms with Crippen LogP contribution in [0.3, 0.4) is 0 Å². The summed E-state index contributed by atoms with van der Waals surface area (Å²) in [7, 11) is 1.84. The van der Waals surface area contributed by atoms with E-state index in [0.717, 1.165) is 5.69 Å². The third kappa shape index (κ3) is 1.77. The van der Waals surface area contributed by atoms with Crippen molar-refractivity contribution < 1.29 is 13.9 Å². The number of nitrogen functional groups attached to an aromatic ring is 1. The number of carbonyl (C=O) groups excluding carboxylic acids is 1. The van der Waals surface area contributed by atoms with Gasteiger partial charge in [-0.2, -0.15) is 0 Å². The summed E-state index contributed by atoms with van der Waals surface area (Å²) in [5, 5.41) is 0. The number of hydrogen-bond acceptors (Lipinski definition) is 4. The molecule has 5 heteroatoms. The summed E-state index contributed by atoms with van der Waals surface area (Å²) in [6.45, 7) is 3.91. The van der Waals surface area contributed by atoms with E-state index >= 15 is 0 Å². The summed E-state index contributed by atoms with van der Waals surface area (Å²) >= 11 is 0. The van der Waals surface area contributed by atoms with Gasteiger partial charge in [-0.25, -0.2) is 4.79 Å². The van der Waals surface area contributed by atoms with Crippen LogP contribution >= 0.6 is 0 Å². The van der Waals surface area contributed by atoms with Gasteiger partial charge in [0, 0.05) is 12.7 Å². The van der Waals surface area contributed by atoms with E-state index in [9.17, 15) is 4.79 Å². The molecule has 0 aliphatic rings. The average Bonchev–Trinajstić information content (AvgIpc) is 2.89. The number of nitrogens with two attached hydrogens (primary N) is 1. The molecule has 0 aliphatic heterocycles. The van der Waals surface area contributed by atoms with Crippen molar-refractivity contribution in [2.24, 2.45) is 7.05 Å². The number of ether oxygens (including phenoxy) is 1. The van der Waals surface area contributed by atoms with Crippen molar-refractivity contribution in [2.75, 3.05) is 12.3 Å². The molecule has 0 bridgehead atoms. The van der Waals surface area contributed by atoms with Crippen LogP contribution in [0.4, 0.5) is 5.69 Å². The van der Waals surface area contributed by atoms with Gasteiger partial charge in [0.05, 0.1) is 18.6 Å². The van der Waals surface area contributed by atoms with Crippen LogP contribution in [0.1, 0.15) is 23.0 Å². The van der Waals surface area contributed by atoms with Crippen LogP contribution in [0, 0.1) is 6.92 Å². The number of nitrogens with zero attached hydrogens (tertiary/aromatic N) is 1. The van der Waals surface area contributed by atoms with Gasteiger partial charge in [-0.15, -0.1) is 0 Å². The highest BCUT2D eigenvalue weighted by Gasteiger charge is 2.24. The first-order valence-electron chi connectivity index (χ1n) is 5.73. The Morgan fingerprint density at radius 2 is 2.28 bits per heavy atom. The Morgan fingerprint density at radius 1 is 1.56 bits per heavy atom. The standard InChI is InChI=1S/C13H16N2O3/c1-4-17-13(16)10-8(2)15(3)12(11(10)14)9-6-5-7-18-9/h5-7H,4,14H2,1-3H3. The van der Waals surface area contributed by atoms with Gasteiger partial charge in [-0.05, 0) is 26.0 Å². The highest BCUT2D eigenvalue weighted by atomic mass is 16.5. The van der Waals surface area contributed by atoms with Gasteiger partial charge in [-0.1, -0.05) is 0 Å². The summed E-state index contributed by atoms with van der Waals surface area (Å²) in [6, 6.07) is 3.58. The molecule has 0 saturated carbocycles. The summed E-state index contributed by atoms with van der Waals surface area (Å²) in [5.74, 6) is 0.231. The first kappa shape index (κ1) is 12.3. The van der Waals surface area contributed by atoms with Crippen molar-refractivity contribution in [2.45, 2.75) is 13.8 Å². The Hall–Kier alpha value is -2.17. The molecular weight excluding hydrogens is 232 g/mol. The molecule has 0 radical (unpaired) electrons. The maximum Gasteiger partial charge on any atom is 0.342 e. The van der Waals surface area contributed by atoms with Crippen molar-refractivity contribution in [1.29, 1.82) is 0 Å². The minimum atomic E-state index is -0.402. The molecule has 0 aromatic carbocycles. The Labute approximate surface area is 105 Å². The lowest BCUT2D eigenvalue weighted by Gasteiger charge is -2.02. The van der Waals surface area contributed by atoms with Crippen LogP contribution < -0.4 is 5.73 Å². The number of furan rings is 1. The molecule has 0 aliphatic carbocycles. The minimum Gasteiger partial charge on any atom is -0.463 e. The third-order valence-corrected chi connectivity index (χ3v) is 2.96. The number of esters is 1. The second-order valence-electron chi connectivity index (χ2n) is 3.98. The van der Waals surface area contributed by atoms with Crippen LogP contribution in [-0.2, 0) is 11.8 Å². The molecular formula is C13H16N2O3. The fraction of sp³-hybridized carbons (Fsp3) is 0.308. The number of anilines is 1. The van der Waals surface area contributed by atoms with E-state index in [1.165, 1.54) is 0 Å². The van der Waals surface area contributed by atoms with Gasteiger partial charge < -0.3 is 19.5 Å². The molecule has 96 valence electrons. The highest BCUT2D eigenvalue weighted by Crippen LogP contribution is 2.33. The predicted molar refractivity (Wildman–Crippen MR) is 68.2 cm³/mol. The smallest absolute Gasteiger partial charge is 0.342 e. The van der Waals surface area contributed by atoms with E-state index in [1.807, 2.05) is 18.5 Å². The molecule has 2 aromatic heterocycles. The Bertz CT molecular complexity index is 568. The van der Waals surface area contributed by atoms with Crippen LogP contribution in [0.5, 0.6) is 0 Å². The molecule has 0 spiro atoms. The van der Waals surface area contributed by atoms with E-state index < -0.39 is 5.97 Å². The minimum absolute atomic E-state index is 0.322. The Morgan fingerprint density at radius 3 is 2.83 bits per heavy atom. The molecule has 2 N–H and O–H groups in total. The average molecular weight is 248 g/mol. The van der Waals surface area contributed by atoms with Gasteiger partial charge in [-0.3, -0.25) is 0 Å². The summed E-state index contributed by atoms with van der Waals surface area (Å²) < 4.78 is 12.2. The topological polar surface area (TPSA) is 70.4 Å². The normalized spacial score (nSPS) is 10.6. The van der Waals surface area contributed by atoms with E-state index in [1.54, 1.807) is 25.3 Å². The largest absolute Gasteiger partial charge is 0.463 e. The Balaban J connectivity index is 2.58. The van der Waals surface area contributed by atoms with Crippen LogP contribution in [-0.4, -0.2) is 17.1 Å². The summed E-state index contributed by atoms with van der Waals surface area (Å²) in [6.07, 6.45) is 1.57. The molecule has 18 heavy (non-hydrogen) atoms. The molecule has 2 rings (SSSR count). The van der Waals surface area contributed by atoms with Gasteiger partial charge >= 0.3 is 5.97 Å². The molecule has 0 fully saturated rings. The van der Waals surface area contributed by atoms with Crippen LogP contribution in [0.2, 0.25) is 0 Å². The SMILES string of the molecule is CCOC(=O)c1c(N)c(-c2ccco2)n(C)c1C. The van der Waals surface area contributed by atoms with Crippen molar-refractivity contribution in [3.63, 3.8) is 0 Å². The fourth-order valence-corrected chi connectivity index (χ4v) is 2.00. The number of carbonyl (C=O) groups is 1. The zero-order valence-corrected chi connectivity index (χ0v) is 10.7. The molecule has 0 unspecified atom stereocenters. The van der Waals surface area contributed by atoms with Crippen molar-refractivity contribution >= 4 is 11.7 Å². The first-order valence-corrected chi connectivity index (χ1v) is 5.73. The maximum absolute atomic E-state index is 11.9. The van der Waals surface area contributed by atoms with E-state index in [4.69, 9.17) is 14.9 Å². The zero-order chi connectivity index (χ0) is 13.3. The van der Waals surface area contributed by atoms with Gasteiger partial charge in [0.15, 0.2) is 5.76 Å². The van der Waals surface area contributed by atoms with E-state index in [2.05, 4.69) is 0 Å². The van der Waals surface area contributed by atoms with Crippen molar-refractivity contribution in [1.82, 2.24) is 4.57 Å². The predicted octanol–water partition coefficient (Wildman–Crippen LogP) is 2.35. The molecule has 0 saturated heterocycles. The quantitative estimate of drug-likeness (QED) is 0.846. The second-order valence-corrected chi connectivity index (χ2v) is 3.98. The number of rotatable bonds is 3. The third-order valence-electron chi connectivity index (χ3n) is 2.96. The molecule has 2 aromatic rings. The van der Waals surface area contributed by atoms with E-state index in [-0.39, 0.29) is 0 Å². The lowest BCUT2D eigenvalue weighted by atomic mass is 10.2. The molecule has 2 heterocycles. The molecule has 0 atom stereocenters. The van der Waals surface area contributed by atoms with Crippen molar-refractivity contribution in [3.8, 4) is 11.5 Å². The Kier molecular flexibility index (Phi) is 3.14. The van der Waals surface area contributed by atoms with Crippen LogP contribution in [0.25, 0.3) is 11.5 Å². The fourth-order valence-electron chi connectivity index (χ4n) is 2.00. The van der Waals surface area contributed by atoms with Gasteiger partial charge in [0.25, 0.3) is 0 Å². The molecule has 0 amide bonds. The summed E-state index contributed by atoms with van der Waals surface area (Å²) in [4.78, 5) is 11.9. The van der Waals surface area contributed by atoms with Crippen molar-refractivity contribution in [3.05, 3.63) is 29.7 Å². The number of hydrogen-bond donors (Lipinski definition) is 1. The van der Waals surface area contributed by atoms with Gasteiger partial charge in [0.1, 0.15) is 11.3 Å². The summed E-state index contributed by atoms with van der Waals surface area (Å²) in [5.41, 5.74) is 8.30. The lowest BCUT2D eigenvalue weighted by Crippen LogP contribution is -2.08. The zero-order valence-electron chi connectivity index (χ0n) is 10.7. The molecule has 5 nitrogen and oxygen atoms in total. The first-order chi connectivity index (χ1) is 8.57. The monoisotopic (exact) mass is 248 g/mol. The van der Waals surface area contributed by atoms with Gasteiger partial charge in [0.2, 0.25) is 0 Å². The number of aromatic nitrogens is 1. The second kappa shape index (κ2) is 4.60. The van der Waals surface area contributed by atoms with Crippen LogP contribution in [0.15, 0.2) is 22.8 Å². The highest BCUT2D eigenvalue weighted by molar-refractivity contribution is 6.00. The maximum atomic E-state index is 11.9.